The van der Waals surface area contributed by atoms with E-state index in [1.165, 1.54) is 0 Å². The zero-order chi connectivity index (χ0) is 18.6. The van der Waals surface area contributed by atoms with Crippen molar-refractivity contribution in [3.63, 3.8) is 0 Å². The van der Waals surface area contributed by atoms with E-state index in [0.29, 0.717) is 0 Å². The number of rotatable bonds is 8. The maximum Gasteiger partial charge on any atom is 0.335 e. The monoisotopic (exact) mass is 356 g/mol. The average Bonchev–Trinajstić information content (AvgIpc) is 2.57. The molecule has 0 amide bonds. The highest BCUT2D eigenvalue weighted by molar-refractivity contribution is 5.72. The van der Waals surface area contributed by atoms with Gasteiger partial charge in [-0.3, -0.25) is 0 Å². The summed E-state index contributed by atoms with van der Waals surface area (Å²) in [6.45, 7) is -1.56. The van der Waals surface area contributed by atoms with Crippen molar-refractivity contribution in [2.24, 2.45) is 5.92 Å². The number of aliphatic carboxylic acids is 1. The first-order valence-corrected chi connectivity index (χ1v) is 7.34. The van der Waals surface area contributed by atoms with Gasteiger partial charge in [0.15, 0.2) is 6.10 Å². The van der Waals surface area contributed by atoms with E-state index in [0.717, 1.165) is 0 Å². The molecular formula is C13H24O11. The zero-order valence-electron chi connectivity index (χ0n) is 12.7. The Labute approximate surface area is 137 Å². The van der Waals surface area contributed by atoms with Gasteiger partial charge in [-0.05, 0) is 6.42 Å². The van der Waals surface area contributed by atoms with Crippen LogP contribution in [-0.4, -0.2) is 114 Å². The molecule has 1 aliphatic heterocycles. The van der Waals surface area contributed by atoms with Gasteiger partial charge in [-0.1, -0.05) is 0 Å². The second-order valence-electron chi connectivity index (χ2n) is 5.79. The van der Waals surface area contributed by atoms with Crippen LogP contribution in [0.25, 0.3) is 0 Å². The molecule has 0 spiro atoms. The molecule has 11 heteroatoms. The first-order valence-electron chi connectivity index (χ1n) is 7.34. The van der Waals surface area contributed by atoms with Crippen LogP contribution in [0.15, 0.2) is 0 Å². The summed E-state index contributed by atoms with van der Waals surface area (Å²) in [7, 11) is 0. The van der Waals surface area contributed by atoms with Crippen LogP contribution in [0.1, 0.15) is 6.42 Å². The summed E-state index contributed by atoms with van der Waals surface area (Å²) in [5, 5.41) is 85.3. The Morgan fingerprint density at radius 3 is 1.96 bits per heavy atom. The largest absolute Gasteiger partial charge is 0.479 e. The van der Waals surface area contributed by atoms with Gasteiger partial charge in [0.1, 0.15) is 24.4 Å². The van der Waals surface area contributed by atoms with E-state index in [4.69, 9.17) is 20.1 Å². The molecular weight excluding hydrogens is 332 g/mol. The molecule has 142 valence electrons. The third-order valence-electron chi connectivity index (χ3n) is 4.19. The number of ether oxygens (including phenoxy) is 1. The van der Waals surface area contributed by atoms with Gasteiger partial charge in [0.25, 0.3) is 0 Å². The summed E-state index contributed by atoms with van der Waals surface area (Å²) >= 11 is 0. The number of carboxylic acids is 1. The minimum atomic E-state index is -2.26. The van der Waals surface area contributed by atoms with Gasteiger partial charge in [0, 0.05) is 5.92 Å². The predicted molar refractivity (Wildman–Crippen MR) is 74.6 cm³/mol. The molecule has 0 saturated carbocycles. The van der Waals surface area contributed by atoms with Crippen LogP contribution in [0.5, 0.6) is 0 Å². The van der Waals surface area contributed by atoms with Crippen molar-refractivity contribution >= 4 is 5.97 Å². The van der Waals surface area contributed by atoms with Crippen LogP contribution in [0, 0.1) is 5.92 Å². The van der Waals surface area contributed by atoms with Gasteiger partial charge in [0.2, 0.25) is 0 Å². The SMILES string of the molecule is O=C(O)C(O)[C@@H](O)[C@H](CC1O[C@H](CO)[C@H](O)[C@H](O)[C@H]1O)[C@H](O)CO. The first kappa shape index (κ1) is 21.2. The highest BCUT2D eigenvalue weighted by Crippen LogP contribution is 2.29. The summed E-state index contributed by atoms with van der Waals surface area (Å²) in [6, 6.07) is 0. The lowest BCUT2D eigenvalue weighted by Crippen LogP contribution is -2.59. The van der Waals surface area contributed by atoms with Gasteiger partial charge in [0.05, 0.1) is 31.5 Å². The average molecular weight is 356 g/mol. The Balaban J connectivity index is 2.94. The van der Waals surface area contributed by atoms with E-state index in [1.54, 1.807) is 0 Å². The molecule has 0 aromatic heterocycles. The Hall–Kier alpha value is -0.890. The third-order valence-corrected chi connectivity index (χ3v) is 4.19. The van der Waals surface area contributed by atoms with Crippen molar-refractivity contribution in [3.8, 4) is 0 Å². The number of hydrogen-bond donors (Lipinski definition) is 9. The van der Waals surface area contributed by atoms with Crippen molar-refractivity contribution in [1.29, 1.82) is 0 Å². The van der Waals surface area contributed by atoms with Gasteiger partial charge in [-0.25, -0.2) is 4.79 Å². The summed E-state index contributed by atoms with van der Waals surface area (Å²) in [4.78, 5) is 10.8. The summed E-state index contributed by atoms with van der Waals surface area (Å²) in [5.74, 6) is -3.19. The maximum absolute atomic E-state index is 10.8. The lowest BCUT2D eigenvalue weighted by Gasteiger charge is -2.42. The Morgan fingerprint density at radius 1 is 0.958 bits per heavy atom. The quantitative estimate of drug-likeness (QED) is 0.201. The number of carboxylic acid groups (broad SMARTS) is 1. The van der Waals surface area contributed by atoms with Crippen LogP contribution < -0.4 is 0 Å². The Bertz CT molecular complexity index is 403. The van der Waals surface area contributed by atoms with Gasteiger partial charge < -0.3 is 50.7 Å². The fourth-order valence-electron chi connectivity index (χ4n) is 2.68. The fraction of sp³-hybridized carbons (Fsp3) is 0.923. The summed E-state index contributed by atoms with van der Waals surface area (Å²) in [5.41, 5.74) is 0. The number of carbonyl (C=O) groups is 1. The standard InChI is InChI=1S/C13H24O11/c14-2-5(16)4(8(17)12(21)13(22)23)1-6-9(18)11(20)10(19)7(3-15)24-6/h4-12,14-21H,1-3H2,(H,22,23)/t4-,5-,6?,7-,8+,9+,10+,11-,12?/m1/s1. The van der Waals surface area contributed by atoms with E-state index in [9.17, 15) is 35.4 Å². The van der Waals surface area contributed by atoms with E-state index in [-0.39, 0.29) is 0 Å². The zero-order valence-corrected chi connectivity index (χ0v) is 12.7. The van der Waals surface area contributed by atoms with Crippen molar-refractivity contribution in [1.82, 2.24) is 0 Å². The summed E-state index contributed by atoms with van der Waals surface area (Å²) in [6.07, 6.45) is -13.9. The molecule has 0 aliphatic carbocycles. The third kappa shape index (κ3) is 4.59. The maximum atomic E-state index is 10.8. The van der Waals surface area contributed by atoms with E-state index in [2.05, 4.69) is 0 Å². The van der Waals surface area contributed by atoms with E-state index >= 15 is 0 Å². The molecule has 1 heterocycles. The second kappa shape index (κ2) is 8.99. The molecule has 24 heavy (non-hydrogen) atoms. The topological polar surface area (TPSA) is 208 Å². The highest BCUT2D eigenvalue weighted by Gasteiger charge is 2.46. The molecule has 1 saturated heterocycles. The molecule has 11 nitrogen and oxygen atoms in total. The van der Waals surface area contributed by atoms with Crippen molar-refractivity contribution < 1.29 is 55.5 Å². The Kier molecular flexibility index (Phi) is 7.92. The second-order valence-corrected chi connectivity index (χ2v) is 5.79. The molecule has 9 atom stereocenters. The lowest BCUT2D eigenvalue weighted by atomic mass is 9.83. The van der Waals surface area contributed by atoms with E-state index < -0.39 is 80.4 Å². The molecule has 0 bridgehead atoms. The fourth-order valence-corrected chi connectivity index (χ4v) is 2.68. The minimum absolute atomic E-state index is 0.464. The van der Waals surface area contributed by atoms with Crippen LogP contribution in [-0.2, 0) is 9.53 Å². The number of aliphatic hydroxyl groups excluding tert-OH is 8. The molecule has 9 N–H and O–H groups in total. The smallest absolute Gasteiger partial charge is 0.335 e. The molecule has 0 radical (unpaired) electrons. The van der Waals surface area contributed by atoms with Crippen LogP contribution in [0.3, 0.4) is 0 Å². The van der Waals surface area contributed by atoms with Crippen molar-refractivity contribution in [2.45, 2.75) is 55.3 Å². The molecule has 0 aromatic carbocycles. The van der Waals surface area contributed by atoms with Crippen molar-refractivity contribution in [3.05, 3.63) is 0 Å². The number of hydrogen-bond acceptors (Lipinski definition) is 10. The molecule has 1 fully saturated rings. The summed E-state index contributed by atoms with van der Waals surface area (Å²) < 4.78 is 5.20. The molecule has 0 aromatic rings. The van der Waals surface area contributed by atoms with Gasteiger partial charge in [-0.2, -0.15) is 0 Å². The van der Waals surface area contributed by atoms with Gasteiger partial charge in [-0.15, -0.1) is 0 Å². The highest BCUT2D eigenvalue weighted by atomic mass is 16.5. The molecule has 1 aliphatic rings. The van der Waals surface area contributed by atoms with Crippen LogP contribution >= 0.6 is 0 Å². The minimum Gasteiger partial charge on any atom is -0.479 e. The number of aliphatic hydroxyl groups is 8. The lowest BCUT2D eigenvalue weighted by molar-refractivity contribution is -0.237. The Morgan fingerprint density at radius 2 is 1.50 bits per heavy atom. The van der Waals surface area contributed by atoms with E-state index in [1.807, 2.05) is 0 Å². The molecule has 2 unspecified atom stereocenters. The first-order chi connectivity index (χ1) is 11.1. The molecule has 1 rings (SSSR count). The van der Waals surface area contributed by atoms with Crippen LogP contribution in [0.2, 0.25) is 0 Å². The van der Waals surface area contributed by atoms with Crippen molar-refractivity contribution in [2.75, 3.05) is 13.2 Å². The predicted octanol–water partition coefficient (Wildman–Crippen LogP) is -5.01. The van der Waals surface area contributed by atoms with Gasteiger partial charge >= 0.3 is 5.97 Å². The normalized spacial score (nSPS) is 35.9. The van der Waals surface area contributed by atoms with Crippen LogP contribution in [0.4, 0.5) is 0 Å².